The molecule has 2 aromatic rings. The van der Waals surface area contributed by atoms with Crippen molar-refractivity contribution in [2.24, 2.45) is 0 Å². The second-order valence-corrected chi connectivity index (χ2v) is 6.22. The van der Waals surface area contributed by atoms with Gasteiger partial charge < -0.3 is 5.32 Å². The lowest BCUT2D eigenvalue weighted by atomic mass is 10.2. The smallest absolute Gasteiger partial charge is 0.316 e. The van der Waals surface area contributed by atoms with Gasteiger partial charge in [-0.15, -0.1) is 0 Å². The van der Waals surface area contributed by atoms with E-state index in [4.69, 9.17) is 0 Å². The fourth-order valence-corrected chi connectivity index (χ4v) is 3.12. The molecular formula is C14H12BrF3N2S. The van der Waals surface area contributed by atoms with E-state index in [1.807, 2.05) is 25.2 Å². The van der Waals surface area contributed by atoms with Crippen LogP contribution in [0.3, 0.4) is 0 Å². The number of alkyl halides is 3. The zero-order valence-electron chi connectivity index (χ0n) is 11.0. The first-order valence-corrected chi connectivity index (χ1v) is 7.65. The predicted octanol–water partition coefficient (Wildman–Crippen LogP) is 4.73. The van der Waals surface area contributed by atoms with E-state index >= 15 is 0 Å². The number of hydrogen-bond acceptors (Lipinski definition) is 3. The summed E-state index contributed by atoms with van der Waals surface area (Å²) in [6.45, 7) is 0.740. The molecule has 1 heterocycles. The van der Waals surface area contributed by atoms with Gasteiger partial charge in [-0.05, 0) is 36.9 Å². The van der Waals surface area contributed by atoms with E-state index in [1.54, 1.807) is 0 Å². The van der Waals surface area contributed by atoms with E-state index in [2.05, 4.69) is 26.2 Å². The molecule has 1 aromatic carbocycles. The van der Waals surface area contributed by atoms with Crippen LogP contribution in [0.2, 0.25) is 0 Å². The van der Waals surface area contributed by atoms with Crippen LogP contribution in [-0.4, -0.2) is 12.0 Å². The van der Waals surface area contributed by atoms with E-state index in [9.17, 15) is 13.2 Å². The number of nitrogens with zero attached hydrogens (tertiary/aromatic N) is 1. The van der Waals surface area contributed by atoms with Crippen LogP contribution in [0.25, 0.3) is 0 Å². The molecule has 0 bridgehead atoms. The maximum atomic E-state index is 12.5. The first-order valence-electron chi connectivity index (χ1n) is 6.04. The molecule has 7 heteroatoms. The normalized spacial score (nSPS) is 11.7. The van der Waals surface area contributed by atoms with Gasteiger partial charge in [-0.2, -0.15) is 13.2 Å². The number of pyridine rings is 1. The van der Waals surface area contributed by atoms with Crippen molar-refractivity contribution < 1.29 is 13.2 Å². The van der Waals surface area contributed by atoms with Gasteiger partial charge >= 0.3 is 6.18 Å². The van der Waals surface area contributed by atoms with Gasteiger partial charge in [-0.1, -0.05) is 33.8 Å². The second kappa shape index (κ2) is 6.81. The standard InChI is InChI=1S/C14H12BrF3N2S/c1-19-7-9-2-4-11(6-12(9)15)21-13-5-3-10(8-20-13)14(16,17)18/h2-6,8,19H,7H2,1H3. The van der Waals surface area contributed by atoms with Crippen molar-refractivity contribution in [3.63, 3.8) is 0 Å². The fraction of sp³-hybridized carbons (Fsp3) is 0.214. The molecule has 21 heavy (non-hydrogen) atoms. The molecule has 0 aliphatic heterocycles. The lowest BCUT2D eigenvalue weighted by molar-refractivity contribution is -0.137. The Labute approximate surface area is 133 Å². The van der Waals surface area contributed by atoms with Crippen molar-refractivity contribution in [2.75, 3.05) is 7.05 Å². The predicted molar refractivity (Wildman–Crippen MR) is 80.3 cm³/mol. The SMILES string of the molecule is CNCc1ccc(Sc2ccc(C(F)(F)F)cn2)cc1Br. The highest BCUT2D eigenvalue weighted by atomic mass is 79.9. The Morgan fingerprint density at radius 3 is 2.52 bits per heavy atom. The summed E-state index contributed by atoms with van der Waals surface area (Å²) in [5.74, 6) is 0. The van der Waals surface area contributed by atoms with Gasteiger partial charge in [0.05, 0.1) is 5.56 Å². The minimum Gasteiger partial charge on any atom is -0.316 e. The van der Waals surface area contributed by atoms with Gasteiger partial charge in [-0.3, -0.25) is 0 Å². The molecule has 0 aliphatic carbocycles. The molecule has 0 amide bonds. The Morgan fingerprint density at radius 1 is 1.24 bits per heavy atom. The molecule has 0 fully saturated rings. The largest absolute Gasteiger partial charge is 0.417 e. The van der Waals surface area contributed by atoms with E-state index in [-0.39, 0.29) is 0 Å². The molecule has 2 nitrogen and oxygen atoms in total. The molecule has 0 radical (unpaired) electrons. The van der Waals surface area contributed by atoms with Crippen molar-refractivity contribution >= 4 is 27.7 Å². The average molecular weight is 377 g/mol. The fourth-order valence-electron chi connectivity index (χ4n) is 1.65. The summed E-state index contributed by atoms with van der Waals surface area (Å²) >= 11 is 4.80. The Kier molecular flexibility index (Phi) is 5.29. The zero-order valence-corrected chi connectivity index (χ0v) is 13.4. The average Bonchev–Trinajstić information content (AvgIpc) is 2.42. The van der Waals surface area contributed by atoms with Crippen molar-refractivity contribution in [1.82, 2.24) is 10.3 Å². The van der Waals surface area contributed by atoms with Gasteiger partial charge in [0.1, 0.15) is 5.03 Å². The van der Waals surface area contributed by atoms with Crippen LogP contribution < -0.4 is 5.32 Å². The van der Waals surface area contributed by atoms with E-state index in [0.717, 1.165) is 33.7 Å². The number of aromatic nitrogens is 1. The Bertz CT molecular complexity index is 615. The summed E-state index contributed by atoms with van der Waals surface area (Å²) in [7, 11) is 1.86. The van der Waals surface area contributed by atoms with Crippen LogP contribution in [0, 0.1) is 0 Å². The molecule has 1 aromatic heterocycles. The van der Waals surface area contributed by atoms with E-state index in [1.165, 1.54) is 17.8 Å². The van der Waals surface area contributed by atoms with Gasteiger partial charge in [0, 0.05) is 22.1 Å². The third-order valence-electron chi connectivity index (χ3n) is 2.68. The molecule has 1 N–H and O–H groups in total. The molecule has 0 spiro atoms. The van der Waals surface area contributed by atoms with E-state index < -0.39 is 11.7 Å². The number of rotatable bonds is 4. The minimum atomic E-state index is -4.35. The lowest BCUT2D eigenvalue weighted by Gasteiger charge is -2.08. The summed E-state index contributed by atoms with van der Waals surface area (Å²) in [5.41, 5.74) is 0.375. The van der Waals surface area contributed by atoms with Crippen molar-refractivity contribution in [2.45, 2.75) is 22.6 Å². The van der Waals surface area contributed by atoms with Gasteiger partial charge in [-0.25, -0.2) is 4.98 Å². The first kappa shape index (κ1) is 16.3. The van der Waals surface area contributed by atoms with Crippen molar-refractivity contribution in [3.8, 4) is 0 Å². The summed E-state index contributed by atoms with van der Waals surface area (Å²) in [4.78, 5) is 4.76. The Morgan fingerprint density at radius 2 is 2.00 bits per heavy atom. The number of halogens is 4. The maximum absolute atomic E-state index is 12.5. The quantitative estimate of drug-likeness (QED) is 0.834. The highest BCUT2D eigenvalue weighted by Gasteiger charge is 2.30. The molecule has 0 atom stereocenters. The summed E-state index contributed by atoms with van der Waals surface area (Å²) in [6, 6.07) is 8.23. The Hall–Kier alpha value is -1.05. The van der Waals surface area contributed by atoms with Gasteiger partial charge in [0.2, 0.25) is 0 Å². The van der Waals surface area contributed by atoms with Crippen molar-refractivity contribution in [3.05, 3.63) is 52.1 Å². The third-order valence-corrected chi connectivity index (χ3v) is 4.36. The molecule has 0 unspecified atom stereocenters. The summed E-state index contributed by atoms with van der Waals surface area (Å²) in [6.07, 6.45) is -3.50. The van der Waals surface area contributed by atoms with Crippen LogP contribution in [0.5, 0.6) is 0 Å². The number of nitrogens with one attached hydrogen (secondary N) is 1. The first-order chi connectivity index (χ1) is 9.90. The molecule has 2 rings (SSSR count). The monoisotopic (exact) mass is 376 g/mol. The molecule has 0 aliphatic rings. The van der Waals surface area contributed by atoms with Gasteiger partial charge in [0.25, 0.3) is 0 Å². The topological polar surface area (TPSA) is 24.9 Å². The maximum Gasteiger partial charge on any atom is 0.417 e. The van der Waals surface area contributed by atoms with Crippen molar-refractivity contribution in [1.29, 1.82) is 0 Å². The lowest BCUT2D eigenvalue weighted by Crippen LogP contribution is -2.05. The third kappa shape index (κ3) is 4.46. The number of benzene rings is 1. The van der Waals surface area contributed by atoms with E-state index in [0.29, 0.717) is 5.03 Å². The van der Waals surface area contributed by atoms with Crippen LogP contribution in [0.4, 0.5) is 13.2 Å². The molecular weight excluding hydrogens is 365 g/mol. The highest BCUT2D eigenvalue weighted by Crippen LogP contribution is 2.32. The number of hydrogen-bond donors (Lipinski definition) is 1. The zero-order chi connectivity index (χ0) is 15.5. The van der Waals surface area contributed by atoms with Gasteiger partial charge in [0.15, 0.2) is 0 Å². The minimum absolute atomic E-state index is 0.524. The van der Waals surface area contributed by atoms with Crippen LogP contribution >= 0.6 is 27.7 Å². The van der Waals surface area contributed by atoms with Crippen LogP contribution in [0.1, 0.15) is 11.1 Å². The van der Waals surface area contributed by atoms with Crippen LogP contribution in [-0.2, 0) is 12.7 Å². The summed E-state index contributed by atoms with van der Waals surface area (Å²) < 4.78 is 38.3. The highest BCUT2D eigenvalue weighted by molar-refractivity contribution is 9.10. The molecule has 0 saturated carbocycles. The van der Waals surface area contributed by atoms with Crippen LogP contribution in [0.15, 0.2) is 50.9 Å². The molecule has 0 saturated heterocycles. The molecule has 112 valence electrons. The Balaban J connectivity index is 2.13. The summed E-state index contributed by atoms with van der Waals surface area (Å²) in [5, 5.41) is 3.58. The second-order valence-electron chi connectivity index (χ2n) is 4.27.